The van der Waals surface area contributed by atoms with Gasteiger partial charge in [-0.1, -0.05) is 81.4 Å². The highest BCUT2D eigenvalue weighted by Gasteiger charge is 2.55. The van der Waals surface area contributed by atoms with Gasteiger partial charge in [-0.3, -0.25) is 9.59 Å². The van der Waals surface area contributed by atoms with Crippen molar-refractivity contribution in [3.05, 3.63) is 60.7 Å². The molecule has 0 saturated carbocycles. The van der Waals surface area contributed by atoms with Gasteiger partial charge >= 0.3 is 0 Å². The molecule has 5 heteroatoms. The molecule has 4 nitrogen and oxygen atoms in total. The summed E-state index contributed by atoms with van der Waals surface area (Å²) >= 11 is 0. The van der Waals surface area contributed by atoms with Crippen molar-refractivity contribution in [1.82, 2.24) is 4.90 Å². The highest BCUT2D eigenvalue weighted by atomic mass is 28.4. The fourth-order valence-electron chi connectivity index (χ4n) is 4.99. The molecule has 0 aliphatic carbocycles. The van der Waals surface area contributed by atoms with Gasteiger partial charge in [0, 0.05) is 19.4 Å². The molecule has 0 bridgehead atoms. The van der Waals surface area contributed by atoms with Gasteiger partial charge < -0.3 is 9.33 Å². The Labute approximate surface area is 174 Å². The van der Waals surface area contributed by atoms with Gasteiger partial charge in [0.1, 0.15) is 6.04 Å². The number of piperidine rings is 1. The maximum atomic E-state index is 12.8. The van der Waals surface area contributed by atoms with Crippen molar-refractivity contribution >= 4 is 30.4 Å². The molecule has 2 atom stereocenters. The molecule has 29 heavy (non-hydrogen) atoms. The van der Waals surface area contributed by atoms with Gasteiger partial charge in [0.25, 0.3) is 8.32 Å². The molecule has 0 unspecified atom stereocenters. The Balaban J connectivity index is 1.83. The molecule has 0 radical (unpaired) electrons. The number of hydrogen-bond acceptors (Lipinski definition) is 3. The first-order valence-electron chi connectivity index (χ1n) is 10.5. The number of carbonyl (C=O) groups is 2. The lowest BCUT2D eigenvalue weighted by atomic mass is 9.99. The number of carbonyl (C=O) groups excluding carboxylic acids is 2. The van der Waals surface area contributed by atoms with E-state index >= 15 is 0 Å². The normalized spacial score (nSPS) is 22.7. The second-order valence-electron chi connectivity index (χ2n) is 9.11. The first kappa shape index (κ1) is 20.0. The van der Waals surface area contributed by atoms with Gasteiger partial charge in [-0.2, -0.15) is 0 Å². The Bertz CT molecular complexity index is 852. The smallest absolute Gasteiger partial charge is 0.261 e. The zero-order valence-corrected chi connectivity index (χ0v) is 18.4. The molecule has 2 aromatic rings. The van der Waals surface area contributed by atoms with Crippen LogP contribution in [0.1, 0.15) is 40.0 Å². The quantitative estimate of drug-likeness (QED) is 0.732. The molecule has 2 aromatic carbocycles. The molecular weight excluding hydrogens is 378 g/mol. The van der Waals surface area contributed by atoms with Gasteiger partial charge in [0.05, 0.1) is 6.10 Å². The highest BCUT2D eigenvalue weighted by molar-refractivity contribution is 6.99. The summed E-state index contributed by atoms with van der Waals surface area (Å²) in [6.07, 6.45) is 1.13. The summed E-state index contributed by atoms with van der Waals surface area (Å²) in [5, 5.41) is 2.25. The SMILES string of the molecule is CC(C)(C)[Si](O[C@H]1CCN2C(=O)CCC(=O)[C@@H]12)(c1ccccc1)c1ccccc1. The molecule has 2 fully saturated rings. The van der Waals surface area contributed by atoms with Crippen LogP contribution < -0.4 is 10.4 Å². The van der Waals surface area contributed by atoms with Gasteiger partial charge in [0.2, 0.25) is 5.91 Å². The van der Waals surface area contributed by atoms with Crippen LogP contribution in [-0.4, -0.2) is 43.6 Å². The van der Waals surface area contributed by atoms with Gasteiger partial charge in [-0.15, -0.1) is 0 Å². The standard InChI is InChI=1S/C24H29NO3Si/c1-24(2,3)29(18-10-6-4-7-11-18,19-12-8-5-9-13-19)28-21-16-17-25-22(27)15-14-20(26)23(21)25/h4-13,21,23H,14-17H2,1-3H3/t21-,23-/m0/s1. The second kappa shape index (κ2) is 7.54. The number of hydrogen-bond donors (Lipinski definition) is 0. The minimum atomic E-state index is -2.73. The Kier molecular flexibility index (Phi) is 5.21. The van der Waals surface area contributed by atoms with Crippen LogP contribution in [0.2, 0.25) is 5.04 Å². The van der Waals surface area contributed by atoms with E-state index in [0.29, 0.717) is 25.8 Å². The lowest BCUT2D eigenvalue weighted by Crippen LogP contribution is -2.69. The maximum Gasteiger partial charge on any atom is 0.261 e. The molecule has 2 aliphatic rings. The number of amides is 1. The number of Topliss-reactive ketones (excluding diaryl/α,β-unsaturated/α-hetero) is 1. The van der Waals surface area contributed by atoms with Crippen LogP contribution in [0, 0.1) is 0 Å². The third-order valence-electron chi connectivity index (χ3n) is 6.32. The van der Waals surface area contributed by atoms with E-state index in [-0.39, 0.29) is 22.8 Å². The van der Waals surface area contributed by atoms with Crippen LogP contribution >= 0.6 is 0 Å². The van der Waals surface area contributed by atoms with E-state index in [4.69, 9.17) is 4.43 Å². The van der Waals surface area contributed by atoms with Crippen molar-refractivity contribution in [1.29, 1.82) is 0 Å². The predicted molar refractivity (Wildman–Crippen MR) is 117 cm³/mol. The average molecular weight is 408 g/mol. The van der Waals surface area contributed by atoms with Gasteiger partial charge in [-0.25, -0.2) is 0 Å². The number of fused-ring (bicyclic) bond motifs is 1. The van der Waals surface area contributed by atoms with Crippen LogP contribution in [0.15, 0.2) is 60.7 Å². The predicted octanol–water partition coefficient (Wildman–Crippen LogP) is 2.90. The first-order valence-corrected chi connectivity index (χ1v) is 12.4. The molecule has 2 saturated heterocycles. The topological polar surface area (TPSA) is 46.6 Å². The average Bonchev–Trinajstić information content (AvgIpc) is 3.14. The Morgan fingerprint density at radius 1 is 0.897 bits per heavy atom. The summed E-state index contributed by atoms with van der Waals surface area (Å²) in [5.74, 6) is 0.230. The minimum Gasteiger partial charge on any atom is -0.402 e. The maximum absolute atomic E-state index is 12.8. The van der Waals surface area contributed by atoms with Crippen LogP contribution in [0.3, 0.4) is 0 Å². The molecule has 2 aliphatic heterocycles. The number of benzene rings is 2. The van der Waals surface area contributed by atoms with E-state index in [1.165, 1.54) is 10.4 Å². The Morgan fingerprint density at radius 2 is 1.45 bits per heavy atom. The summed E-state index contributed by atoms with van der Waals surface area (Å²) in [5.41, 5.74) is 0. The van der Waals surface area contributed by atoms with E-state index in [9.17, 15) is 9.59 Å². The number of nitrogens with zero attached hydrogens (tertiary/aromatic N) is 1. The summed E-state index contributed by atoms with van der Waals surface area (Å²) in [7, 11) is -2.73. The second-order valence-corrected chi connectivity index (χ2v) is 13.4. The van der Waals surface area contributed by atoms with E-state index in [1.807, 2.05) is 12.1 Å². The molecule has 1 amide bonds. The number of ketones is 1. The van der Waals surface area contributed by atoms with Crippen LogP contribution in [0.5, 0.6) is 0 Å². The minimum absolute atomic E-state index is 0.0862. The number of rotatable bonds is 4. The lowest BCUT2D eigenvalue weighted by Gasteiger charge is -2.45. The van der Waals surface area contributed by atoms with E-state index in [1.54, 1.807) is 4.90 Å². The van der Waals surface area contributed by atoms with Crippen molar-refractivity contribution in [2.24, 2.45) is 0 Å². The van der Waals surface area contributed by atoms with Crippen molar-refractivity contribution in [3.8, 4) is 0 Å². The van der Waals surface area contributed by atoms with Crippen molar-refractivity contribution in [2.75, 3.05) is 6.54 Å². The van der Waals surface area contributed by atoms with E-state index in [2.05, 4.69) is 69.3 Å². The zero-order chi connectivity index (χ0) is 20.6. The van der Waals surface area contributed by atoms with Crippen LogP contribution in [0.25, 0.3) is 0 Å². The third kappa shape index (κ3) is 3.36. The molecule has 2 heterocycles. The monoisotopic (exact) mass is 407 g/mol. The molecule has 4 rings (SSSR count). The van der Waals surface area contributed by atoms with Crippen molar-refractivity contribution in [3.63, 3.8) is 0 Å². The summed E-state index contributed by atoms with van der Waals surface area (Å²) in [4.78, 5) is 26.9. The van der Waals surface area contributed by atoms with E-state index < -0.39 is 14.4 Å². The Hall–Kier alpha value is -2.24. The van der Waals surface area contributed by atoms with Crippen molar-refractivity contribution < 1.29 is 14.0 Å². The molecule has 152 valence electrons. The van der Waals surface area contributed by atoms with E-state index in [0.717, 1.165) is 0 Å². The first-order chi connectivity index (χ1) is 13.8. The Morgan fingerprint density at radius 3 is 1.97 bits per heavy atom. The van der Waals surface area contributed by atoms with Crippen LogP contribution in [-0.2, 0) is 14.0 Å². The largest absolute Gasteiger partial charge is 0.402 e. The summed E-state index contributed by atoms with van der Waals surface area (Å²) in [6.45, 7) is 7.32. The molecule has 0 spiro atoms. The lowest BCUT2D eigenvalue weighted by molar-refractivity contribution is -0.144. The van der Waals surface area contributed by atoms with Crippen molar-refractivity contribution in [2.45, 2.75) is 57.2 Å². The van der Waals surface area contributed by atoms with Crippen LogP contribution in [0.4, 0.5) is 0 Å². The highest BCUT2D eigenvalue weighted by Crippen LogP contribution is 2.40. The fraction of sp³-hybridized carbons (Fsp3) is 0.417. The molecular formula is C24H29NO3Si. The molecule has 0 aromatic heterocycles. The molecule has 0 N–H and O–H groups in total. The zero-order valence-electron chi connectivity index (χ0n) is 17.4. The summed E-state index contributed by atoms with van der Waals surface area (Å²) in [6, 6.07) is 20.5. The van der Waals surface area contributed by atoms with Gasteiger partial charge in [-0.05, 0) is 21.8 Å². The fourth-order valence-corrected chi connectivity index (χ4v) is 9.70. The summed E-state index contributed by atoms with van der Waals surface area (Å²) < 4.78 is 7.15. The third-order valence-corrected chi connectivity index (χ3v) is 11.4. The van der Waals surface area contributed by atoms with Gasteiger partial charge in [0.15, 0.2) is 5.78 Å².